The van der Waals surface area contributed by atoms with E-state index in [0.717, 1.165) is 51.8 Å². The Balaban J connectivity index is 2.05. The molecule has 0 saturated carbocycles. The van der Waals surface area contributed by atoms with Gasteiger partial charge in [-0.05, 0) is 45.7 Å². The van der Waals surface area contributed by atoms with Crippen molar-refractivity contribution in [3.05, 3.63) is 21.5 Å². The fourth-order valence-corrected chi connectivity index (χ4v) is 3.30. The van der Waals surface area contributed by atoms with Crippen LogP contribution in [0, 0.1) is 5.92 Å². The van der Waals surface area contributed by atoms with Gasteiger partial charge in [-0.15, -0.1) is 11.3 Å². The van der Waals surface area contributed by atoms with Gasteiger partial charge in [-0.3, -0.25) is 4.99 Å². The van der Waals surface area contributed by atoms with Gasteiger partial charge in [0.25, 0.3) is 0 Å². The summed E-state index contributed by atoms with van der Waals surface area (Å²) in [4.78, 5) is 8.91. The maximum Gasteiger partial charge on any atom is 0.140 e. The second-order valence-corrected chi connectivity index (χ2v) is 6.40. The summed E-state index contributed by atoms with van der Waals surface area (Å²) in [7, 11) is 0. The second-order valence-electron chi connectivity index (χ2n) is 5.32. The number of thiazole rings is 1. The van der Waals surface area contributed by atoms with Crippen molar-refractivity contribution in [3.63, 3.8) is 0 Å². The highest BCUT2D eigenvalue weighted by Gasteiger charge is 2.13. The van der Waals surface area contributed by atoms with Crippen molar-refractivity contribution in [2.75, 3.05) is 19.6 Å². The summed E-state index contributed by atoms with van der Waals surface area (Å²) < 4.78 is 0.943. The van der Waals surface area contributed by atoms with E-state index in [1.54, 1.807) is 17.6 Å². The summed E-state index contributed by atoms with van der Waals surface area (Å²) in [5.41, 5.74) is 1.79. The molecule has 1 aliphatic rings. The lowest BCUT2D eigenvalue weighted by Crippen LogP contribution is -2.33. The monoisotopic (exact) mass is 304 g/mol. The predicted molar refractivity (Wildman–Crippen MR) is 92.8 cm³/mol. The first kappa shape index (κ1) is 15.9. The molecule has 0 amide bonds. The zero-order chi connectivity index (χ0) is 15.2. The molecule has 114 valence electrons. The lowest BCUT2D eigenvalue weighted by Gasteiger charge is -2.23. The normalized spacial score (nSPS) is 18.0. The van der Waals surface area contributed by atoms with Gasteiger partial charge in [-0.25, -0.2) is 4.98 Å². The van der Waals surface area contributed by atoms with Crippen molar-refractivity contribution < 1.29 is 0 Å². The summed E-state index contributed by atoms with van der Waals surface area (Å²) in [6, 6.07) is 0. The van der Waals surface area contributed by atoms with Crippen LogP contribution in [0.1, 0.15) is 31.7 Å². The molecule has 21 heavy (non-hydrogen) atoms. The van der Waals surface area contributed by atoms with E-state index in [9.17, 15) is 0 Å². The highest BCUT2D eigenvalue weighted by Crippen LogP contribution is 2.13. The number of nitrogens with zero attached hydrogens (tertiary/aromatic N) is 2. The van der Waals surface area contributed by atoms with Crippen molar-refractivity contribution in [1.82, 2.24) is 15.6 Å². The number of aromatic nitrogens is 1. The molecule has 0 unspecified atom stereocenters. The first-order valence-electron chi connectivity index (χ1n) is 7.41. The molecule has 4 nitrogen and oxygen atoms in total. The van der Waals surface area contributed by atoms with E-state index in [1.165, 1.54) is 12.8 Å². The Morgan fingerprint density at radius 1 is 1.52 bits per heavy atom. The Morgan fingerprint density at radius 3 is 2.90 bits per heavy atom. The molecule has 2 heterocycles. The Kier molecular flexibility index (Phi) is 5.70. The van der Waals surface area contributed by atoms with Crippen molar-refractivity contribution in [2.24, 2.45) is 10.9 Å². The molecular weight excluding hydrogens is 280 g/mol. The van der Waals surface area contributed by atoms with Gasteiger partial charge in [0.05, 0.1) is 11.4 Å². The summed E-state index contributed by atoms with van der Waals surface area (Å²) in [6.07, 6.45) is 4.22. The minimum Gasteiger partial charge on any atom is -0.383 e. The van der Waals surface area contributed by atoms with Crippen LogP contribution in [-0.2, 0) is 0 Å². The Bertz CT molecular complexity index is 623. The molecule has 1 aromatic rings. The third-order valence-corrected chi connectivity index (χ3v) is 4.65. The highest BCUT2D eigenvalue weighted by atomic mass is 32.1. The summed E-state index contributed by atoms with van der Waals surface area (Å²) >= 11 is 1.57. The molecule has 1 aliphatic heterocycles. The van der Waals surface area contributed by atoms with E-state index >= 15 is 0 Å². The smallest absolute Gasteiger partial charge is 0.140 e. The van der Waals surface area contributed by atoms with E-state index in [4.69, 9.17) is 0 Å². The van der Waals surface area contributed by atoms with Crippen molar-refractivity contribution >= 4 is 35.5 Å². The molecule has 1 aromatic heterocycles. The third-order valence-electron chi connectivity index (χ3n) is 3.68. The van der Waals surface area contributed by atoms with Crippen LogP contribution in [0.25, 0.3) is 18.0 Å². The quantitative estimate of drug-likeness (QED) is 0.807. The maximum absolute atomic E-state index is 4.62. The molecular formula is C16H24N4S. The summed E-state index contributed by atoms with van der Waals surface area (Å²) in [5.74, 6) is 0.722. The van der Waals surface area contributed by atoms with Crippen LogP contribution in [0.3, 0.4) is 0 Å². The Hall–Kier alpha value is -1.46. The van der Waals surface area contributed by atoms with Crippen molar-refractivity contribution in [1.29, 1.82) is 0 Å². The largest absolute Gasteiger partial charge is 0.383 e. The van der Waals surface area contributed by atoms with Crippen LogP contribution in [-0.4, -0.2) is 30.8 Å². The zero-order valence-electron chi connectivity index (χ0n) is 12.9. The van der Waals surface area contributed by atoms with Crippen molar-refractivity contribution in [3.8, 4) is 0 Å². The predicted octanol–water partition coefficient (Wildman–Crippen LogP) is 1.33. The van der Waals surface area contributed by atoms with Crippen LogP contribution >= 0.6 is 11.3 Å². The number of aliphatic imine (C=N–C) groups is 1. The molecule has 0 bridgehead atoms. The van der Waals surface area contributed by atoms with Gasteiger partial charge in [0, 0.05) is 17.3 Å². The van der Waals surface area contributed by atoms with E-state index in [0.29, 0.717) is 0 Å². The highest BCUT2D eigenvalue weighted by molar-refractivity contribution is 7.10. The molecule has 0 atom stereocenters. The van der Waals surface area contributed by atoms with Gasteiger partial charge in [0.1, 0.15) is 10.4 Å². The number of rotatable bonds is 5. The standard InChI is InChI=1S/C16H24N4S/c1-5-18-11(2)15-13(4)21-16(20-15)12(3)19-10-14-6-8-17-9-7-14/h5,14,17,19H,3-4,6-10H2,1-2H3/b15-11+,18-5?. The van der Waals surface area contributed by atoms with E-state index in [-0.39, 0.29) is 0 Å². The fourth-order valence-electron chi connectivity index (χ4n) is 2.45. The van der Waals surface area contributed by atoms with Gasteiger partial charge >= 0.3 is 0 Å². The zero-order valence-corrected chi connectivity index (χ0v) is 13.7. The molecule has 1 saturated heterocycles. The Labute approximate surface area is 130 Å². The molecule has 5 heteroatoms. The average molecular weight is 304 g/mol. The Morgan fingerprint density at radius 2 is 2.24 bits per heavy atom. The van der Waals surface area contributed by atoms with Crippen molar-refractivity contribution in [2.45, 2.75) is 26.7 Å². The molecule has 0 spiro atoms. The minimum absolute atomic E-state index is 0.722. The molecule has 0 aromatic carbocycles. The van der Waals surface area contributed by atoms with Gasteiger partial charge < -0.3 is 10.6 Å². The van der Waals surface area contributed by atoms with E-state index in [1.807, 2.05) is 13.8 Å². The van der Waals surface area contributed by atoms with E-state index < -0.39 is 0 Å². The SMILES string of the molecule is C=C(NCC1CCNCC1)c1n/c(=C(\C)N=CC)c(=C)s1. The van der Waals surface area contributed by atoms with Gasteiger partial charge in [-0.2, -0.15) is 0 Å². The van der Waals surface area contributed by atoms with Gasteiger partial charge in [-0.1, -0.05) is 13.2 Å². The van der Waals surface area contributed by atoms with Crippen LogP contribution in [0.4, 0.5) is 0 Å². The van der Waals surface area contributed by atoms with Crippen LogP contribution in [0.15, 0.2) is 11.6 Å². The number of piperidine rings is 1. The second kappa shape index (κ2) is 7.52. The molecule has 0 radical (unpaired) electrons. The first-order chi connectivity index (χ1) is 10.1. The van der Waals surface area contributed by atoms with Gasteiger partial charge in [0.2, 0.25) is 0 Å². The van der Waals surface area contributed by atoms with Gasteiger partial charge in [0.15, 0.2) is 0 Å². The summed E-state index contributed by atoms with van der Waals surface area (Å²) in [5, 5.41) is 8.60. The topological polar surface area (TPSA) is 49.3 Å². The number of hydrogen-bond acceptors (Lipinski definition) is 5. The van der Waals surface area contributed by atoms with E-state index in [2.05, 4.69) is 33.8 Å². The first-order valence-corrected chi connectivity index (χ1v) is 8.22. The molecule has 2 rings (SSSR count). The average Bonchev–Trinajstić information content (AvgIpc) is 2.88. The minimum atomic E-state index is 0.722. The molecule has 2 N–H and O–H groups in total. The molecule has 1 fully saturated rings. The van der Waals surface area contributed by atoms with Crippen LogP contribution in [0.5, 0.6) is 0 Å². The molecule has 0 aliphatic carbocycles. The number of nitrogens with one attached hydrogen (secondary N) is 2. The third kappa shape index (κ3) is 4.25. The summed E-state index contributed by atoms with van der Waals surface area (Å²) in [6.45, 7) is 15.2. The van der Waals surface area contributed by atoms with Crippen LogP contribution < -0.4 is 20.5 Å². The fraction of sp³-hybridized carbons (Fsp3) is 0.500. The number of hydrogen-bond donors (Lipinski definition) is 2. The van der Waals surface area contributed by atoms with Crippen LogP contribution in [0.2, 0.25) is 0 Å². The lowest BCUT2D eigenvalue weighted by atomic mass is 9.98. The maximum atomic E-state index is 4.62. The lowest BCUT2D eigenvalue weighted by molar-refractivity contribution is 0.371.